The molecular formula is C17H33N3O. The van der Waals surface area contributed by atoms with Crippen LogP contribution in [0, 0.1) is 17.3 Å². The van der Waals surface area contributed by atoms with Crippen molar-refractivity contribution in [3.63, 3.8) is 0 Å². The van der Waals surface area contributed by atoms with E-state index in [-0.39, 0.29) is 11.0 Å². The van der Waals surface area contributed by atoms with Crippen molar-refractivity contribution in [3.05, 3.63) is 0 Å². The van der Waals surface area contributed by atoms with Crippen molar-refractivity contribution >= 4 is 0 Å². The molecule has 3 rings (SSSR count). The van der Waals surface area contributed by atoms with Gasteiger partial charge in [-0.25, -0.2) is 0 Å². The molecule has 1 aliphatic carbocycles. The number of likely N-dealkylation sites (tertiary alicyclic amines) is 1. The smallest absolute Gasteiger partial charge is 0.0691 e. The largest absolute Gasteiger partial charge is 0.377 e. The van der Waals surface area contributed by atoms with E-state index < -0.39 is 0 Å². The van der Waals surface area contributed by atoms with Crippen molar-refractivity contribution in [2.24, 2.45) is 23.0 Å². The van der Waals surface area contributed by atoms with E-state index in [0.29, 0.717) is 12.0 Å². The second-order valence-corrected chi connectivity index (χ2v) is 8.39. The highest BCUT2D eigenvalue weighted by atomic mass is 16.5. The van der Waals surface area contributed by atoms with Crippen LogP contribution in [0.3, 0.4) is 0 Å². The van der Waals surface area contributed by atoms with E-state index in [1.807, 2.05) is 0 Å². The zero-order chi connectivity index (χ0) is 15.3. The monoisotopic (exact) mass is 295 g/mol. The van der Waals surface area contributed by atoms with Gasteiger partial charge in [0, 0.05) is 36.6 Å². The van der Waals surface area contributed by atoms with Crippen LogP contribution in [-0.2, 0) is 4.74 Å². The van der Waals surface area contributed by atoms with Gasteiger partial charge in [-0.1, -0.05) is 13.8 Å². The summed E-state index contributed by atoms with van der Waals surface area (Å²) in [5.41, 5.74) is 6.90. The number of rotatable bonds is 4. The normalized spacial score (nSPS) is 40.3. The minimum absolute atomic E-state index is 0.0750. The van der Waals surface area contributed by atoms with Gasteiger partial charge in [0.2, 0.25) is 0 Å². The van der Waals surface area contributed by atoms with Crippen LogP contribution >= 0.6 is 0 Å². The topological polar surface area (TPSA) is 41.7 Å². The van der Waals surface area contributed by atoms with Crippen LogP contribution in [0.5, 0.6) is 0 Å². The maximum Gasteiger partial charge on any atom is 0.0691 e. The van der Waals surface area contributed by atoms with Crippen LogP contribution in [0.25, 0.3) is 0 Å². The summed E-state index contributed by atoms with van der Waals surface area (Å²) in [5, 5.41) is 0. The summed E-state index contributed by atoms with van der Waals surface area (Å²) < 4.78 is 5.90. The summed E-state index contributed by atoms with van der Waals surface area (Å²) in [6, 6.07) is 0. The Morgan fingerprint density at radius 2 is 1.90 bits per heavy atom. The third-order valence-corrected chi connectivity index (χ3v) is 6.60. The molecule has 3 unspecified atom stereocenters. The number of nitrogens with two attached hydrogens (primary N) is 1. The first kappa shape index (κ1) is 15.7. The molecular weight excluding hydrogens is 262 g/mol. The Hall–Kier alpha value is -0.160. The summed E-state index contributed by atoms with van der Waals surface area (Å²) >= 11 is 0. The first-order valence-corrected chi connectivity index (χ1v) is 8.62. The molecule has 21 heavy (non-hydrogen) atoms. The molecule has 2 aliphatic heterocycles. The lowest BCUT2D eigenvalue weighted by molar-refractivity contribution is -0.162. The van der Waals surface area contributed by atoms with E-state index >= 15 is 0 Å². The Bertz CT molecular complexity index is 378. The molecule has 0 bridgehead atoms. The van der Waals surface area contributed by atoms with Crippen LogP contribution in [0.1, 0.15) is 33.1 Å². The Kier molecular flexibility index (Phi) is 4.11. The fraction of sp³-hybridized carbons (Fsp3) is 1.00. The number of hydrogen-bond acceptors (Lipinski definition) is 4. The van der Waals surface area contributed by atoms with Gasteiger partial charge >= 0.3 is 0 Å². The zero-order valence-corrected chi connectivity index (χ0v) is 14.3. The molecule has 2 N–H and O–H groups in total. The molecule has 3 fully saturated rings. The Morgan fingerprint density at radius 3 is 2.57 bits per heavy atom. The highest BCUT2D eigenvalue weighted by Gasteiger charge is 2.67. The van der Waals surface area contributed by atoms with Gasteiger partial charge in [-0.05, 0) is 52.4 Å². The SMILES string of the molecule is CN1CCC(CN(C)CC2(N)C3CCOC3C2(C)C)CC1. The predicted molar refractivity (Wildman–Crippen MR) is 86.3 cm³/mol. The van der Waals surface area contributed by atoms with Gasteiger partial charge in [0.25, 0.3) is 0 Å². The van der Waals surface area contributed by atoms with Gasteiger partial charge in [-0.15, -0.1) is 0 Å². The first-order chi connectivity index (χ1) is 9.84. The van der Waals surface area contributed by atoms with E-state index in [1.165, 1.54) is 32.5 Å². The van der Waals surface area contributed by atoms with E-state index in [1.54, 1.807) is 0 Å². The molecule has 2 saturated heterocycles. The number of fused-ring (bicyclic) bond motifs is 1. The molecule has 3 aliphatic rings. The highest BCUT2D eigenvalue weighted by Crippen LogP contribution is 2.58. The molecule has 122 valence electrons. The third-order valence-electron chi connectivity index (χ3n) is 6.60. The summed E-state index contributed by atoms with van der Waals surface area (Å²) in [4.78, 5) is 4.93. The molecule has 3 atom stereocenters. The third kappa shape index (κ3) is 2.54. The summed E-state index contributed by atoms with van der Waals surface area (Å²) in [5.74, 6) is 1.40. The zero-order valence-electron chi connectivity index (χ0n) is 14.3. The standard InChI is InChI=1S/C17H33N3O/c1-16(2)15-14(7-10-21-15)17(16,18)12-20(4)11-13-5-8-19(3)9-6-13/h13-15H,5-12,18H2,1-4H3. The van der Waals surface area contributed by atoms with Crippen molar-refractivity contribution in [2.75, 3.05) is 46.9 Å². The maximum absolute atomic E-state index is 6.86. The van der Waals surface area contributed by atoms with E-state index in [4.69, 9.17) is 10.5 Å². The lowest BCUT2D eigenvalue weighted by atomic mass is 9.48. The van der Waals surface area contributed by atoms with Crippen LogP contribution in [-0.4, -0.2) is 68.3 Å². The van der Waals surface area contributed by atoms with Crippen molar-refractivity contribution < 1.29 is 4.74 Å². The molecule has 0 radical (unpaired) electrons. The molecule has 0 aromatic rings. The number of nitrogens with zero attached hydrogens (tertiary/aromatic N) is 2. The van der Waals surface area contributed by atoms with Crippen molar-refractivity contribution in [3.8, 4) is 0 Å². The van der Waals surface area contributed by atoms with Gasteiger partial charge in [0.15, 0.2) is 0 Å². The minimum atomic E-state index is -0.0750. The maximum atomic E-state index is 6.86. The molecule has 0 spiro atoms. The van der Waals surface area contributed by atoms with Gasteiger partial charge in [0.1, 0.15) is 0 Å². The Labute approximate surface area is 130 Å². The predicted octanol–water partition coefficient (Wildman–Crippen LogP) is 1.40. The van der Waals surface area contributed by atoms with Crippen molar-refractivity contribution in [1.29, 1.82) is 0 Å². The highest BCUT2D eigenvalue weighted by molar-refractivity contribution is 5.21. The fourth-order valence-corrected chi connectivity index (χ4v) is 4.99. The van der Waals surface area contributed by atoms with Crippen LogP contribution in [0.2, 0.25) is 0 Å². The van der Waals surface area contributed by atoms with Crippen LogP contribution < -0.4 is 5.73 Å². The molecule has 0 aromatic carbocycles. The van der Waals surface area contributed by atoms with Gasteiger partial charge in [-0.3, -0.25) is 0 Å². The average Bonchev–Trinajstić information content (AvgIpc) is 2.89. The van der Waals surface area contributed by atoms with E-state index in [2.05, 4.69) is 37.7 Å². The van der Waals surface area contributed by atoms with Crippen molar-refractivity contribution in [2.45, 2.75) is 44.8 Å². The molecule has 0 amide bonds. The minimum Gasteiger partial charge on any atom is -0.377 e. The second-order valence-electron chi connectivity index (χ2n) is 8.39. The molecule has 4 heteroatoms. The number of likely N-dealkylation sites (N-methyl/N-ethyl adjacent to an activating group) is 1. The lowest BCUT2D eigenvalue weighted by Gasteiger charge is -2.63. The number of piperidine rings is 1. The molecule has 4 nitrogen and oxygen atoms in total. The first-order valence-electron chi connectivity index (χ1n) is 8.62. The van der Waals surface area contributed by atoms with E-state index in [9.17, 15) is 0 Å². The fourth-order valence-electron chi connectivity index (χ4n) is 4.99. The Morgan fingerprint density at radius 1 is 1.24 bits per heavy atom. The van der Waals surface area contributed by atoms with Crippen molar-refractivity contribution in [1.82, 2.24) is 9.80 Å². The number of ether oxygens (including phenoxy) is 1. The average molecular weight is 295 g/mol. The summed E-state index contributed by atoms with van der Waals surface area (Å²) in [6.07, 6.45) is 4.19. The summed E-state index contributed by atoms with van der Waals surface area (Å²) in [6.45, 7) is 10.2. The lowest BCUT2D eigenvalue weighted by Crippen LogP contribution is -2.78. The van der Waals surface area contributed by atoms with E-state index in [0.717, 1.165) is 25.5 Å². The van der Waals surface area contributed by atoms with Gasteiger partial charge in [0.05, 0.1) is 6.10 Å². The van der Waals surface area contributed by atoms with Crippen LogP contribution in [0.15, 0.2) is 0 Å². The molecule has 0 aromatic heterocycles. The second kappa shape index (κ2) is 5.48. The summed E-state index contributed by atoms with van der Waals surface area (Å²) in [7, 11) is 4.48. The van der Waals surface area contributed by atoms with Gasteiger partial charge in [-0.2, -0.15) is 0 Å². The molecule has 1 saturated carbocycles. The molecule has 2 heterocycles. The van der Waals surface area contributed by atoms with Gasteiger partial charge < -0.3 is 20.3 Å². The van der Waals surface area contributed by atoms with Crippen LogP contribution in [0.4, 0.5) is 0 Å². The number of hydrogen-bond donors (Lipinski definition) is 1. The Balaban J connectivity index is 1.56. The quantitative estimate of drug-likeness (QED) is 0.851.